The highest BCUT2D eigenvalue weighted by Crippen LogP contribution is 2.30. The van der Waals surface area contributed by atoms with Gasteiger partial charge in [0.15, 0.2) is 5.25 Å². The number of furan rings is 1. The molecule has 1 unspecified atom stereocenters. The van der Waals surface area contributed by atoms with Crippen LogP contribution in [0.2, 0.25) is 0 Å². The van der Waals surface area contributed by atoms with Gasteiger partial charge in [-0.3, -0.25) is 14.5 Å². The third kappa shape index (κ3) is 7.91. The quantitative estimate of drug-likeness (QED) is 0.381. The summed E-state index contributed by atoms with van der Waals surface area (Å²) in [5.41, 5.74) is 1.27. The van der Waals surface area contributed by atoms with Crippen molar-refractivity contribution in [2.45, 2.75) is 37.5 Å². The topological polar surface area (TPSA) is 81.0 Å². The van der Waals surface area contributed by atoms with Gasteiger partial charge < -0.3 is 19.2 Å². The van der Waals surface area contributed by atoms with Crippen molar-refractivity contribution in [2.75, 3.05) is 39.1 Å². The van der Waals surface area contributed by atoms with Crippen LogP contribution in [0.15, 0.2) is 47.1 Å². The van der Waals surface area contributed by atoms with Crippen molar-refractivity contribution < 1.29 is 23.5 Å². The Kier molecular flexibility index (Phi) is 9.97. The fraction of sp³-hybridized carbons (Fsp3) is 0.500. The van der Waals surface area contributed by atoms with E-state index in [1.54, 1.807) is 12.1 Å². The number of nitrogens with zero attached hydrogens (tertiary/aromatic N) is 1. The van der Waals surface area contributed by atoms with Crippen LogP contribution >= 0.6 is 11.8 Å². The van der Waals surface area contributed by atoms with Gasteiger partial charge in [0.1, 0.15) is 11.5 Å². The summed E-state index contributed by atoms with van der Waals surface area (Å²) in [6, 6.07) is 11.6. The molecule has 1 fully saturated rings. The number of hydrogen-bond donors (Lipinski definition) is 1. The molecule has 0 aliphatic carbocycles. The van der Waals surface area contributed by atoms with Gasteiger partial charge in [0, 0.05) is 13.1 Å². The van der Waals surface area contributed by atoms with Gasteiger partial charge in [-0.1, -0.05) is 18.6 Å². The van der Waals surface area contributed by atoms with E-state index < -0.39 is 11.2 Å². The van der Waals surface area contributed by atoms with Gasteiger partial charge in [-0.15, -0.1) is 11.8 Å². The van der Waals surface area contributed by atoms with E-state index in [1.807, 2.05) is 12.1 Å². The Balaban J connectivity index is 1.32. The lowest BCUT2D eigenvalue weighted by Gasteiger charge is -2.26. The van der Waals surface area contributed by atoms with Crippen LogP contribution in [0.1, 0.15) is 42.3 Å². The minimum absolute atomic E-state index is 0.139. The predicted octanol–water partition coefficient (Wildman–Crippen LogP) is 3.80. The van der Waals surface area contributed by atoms with Gasteiger partial charge in [-0.25, -0.2) is 0 Å². The van der Waals surface area contributed by atoms with Gasteiger partial charge in [0.05, 0.1) is 25.7 Å². The minimum Gasteiger partial charge on any atom is -0.494 e. The molecule has 1 aromatic heterocycles. The van der Waals surface area contributed by atoms with Crippen molar-refractivity contribution >= 4 is 23.6 Å². The SMILES string of the molecule is COC(=O)C(SCC(=O)NCCCOc1cccc(CN2CCCCC2)c1)c1ccco1. The molecular formula is C24H32N2O5S. The lowest BCUT2D eigenvalue weighted by molar-refractivity contribution is -0.140. The maximum absolute atomic E-state index is 12.1. The first-order chi connectivity index (χ1) is 15.7. The number of methoxy groups -OCH3 is 1. The molecule has 174 valence electrons. The molecule has 0 radical (unpaired) electrons. The lowest BCUT2D eigenvalue weighted by atomic mass is 10.1. The molecule has 1 saturated heterocycles. The van der Waals surface area contributed by atoms with Crippen molar-refractivity contribution in [3.05, 3.63) is 54.0 Å². The summed E-state index contributed by atoms with van der Waals surface area (Å²) in [6.07, 6.45) is 6.10. The molecule has 2 heterocycles. The van der Waals surface area contributed by atoms with Crippen LogP contribution in [0.25, 0.3) is 0 Å². The fourth-order valence-corrected chi connectivity index (χ4v) is 4.57. The molecule has 2 aromatic rings. The van der Waals surface area contributed by atoms with Gasteiger partial charge >= 0.3 is 5.97 Å². The van der Waals surface area contributed by atoms with Crippen molar-refractivity contribution in [3.63, 3.8) is 0 Å². The highest BCUT2D eigenvalue weighted by Gasteiger charge is 2.25. The number of nitrogens with one attached hydrogen (secondary N) is 1. The average molecular weight is 461 g/mol. The Morgan fingerprint density at radius 3 is 2.78 bits per heavy atom. The van der Waals surface area contributed by atoms with Crippen LogP contribution in [0, 0.1) is 0 Å². The van der Waals surface area contributed by atoms with Gasteiger partial charge in [-0.05, 0) is 62.2 Å². The zero-order valence-electron chi connectivity index (χ0n) is 18.6. The number of carbonyl (C=O) groups is 2. The third-order valence-electron chi connectivity index (χ3n) is 5.26. The number of thioether (sulfide) groups is 1. The normalized spacial score (nSPS) is 15.2. The van der Waals surface area contributed by atoms with E-state index in [9.17, 15) is 9.59 Å². The number of piperidine rings is 1. The maximum atomic E-state index is 12.1. The first-order valence-corrected chi connectivity index (χ1v) is 12.1. The largest absolute Gasteiger partial charge is 0.494 e. The minimum atomic E-state index is -0.652. The summed E-state index contributed by atoms with van der Waals surface area (Å²) < 4.78 is 16.0. The Morgan fingerprint density at radius 1 is 1.19 bits per heavy atom. The Morgan fingerprint density at radius 2 is 2.03 bits per heavy atom. The Bertz CT molecular complexity index is 837. The maximum Gasteiger partial charge on any atom is 0.326 e. The summed E-state index contributed by atoms with van der Waals surface area (Å²) in [5.74, 6) is 0.902. The molecule has 1 amide bonds. The van der Waals surface area contributed by atoms with E-state index >= 15 is 0 Å². The van der Waals surface area contributed by atoms with Crippen LogP contribution in [0.5, 0.6) is 5.75 Å². The van der Waals surface area contributed by atoms with E-state index in [1.165, 1.54) is 63.1 Å². The molecule has 0 bridgehead atoms. The standard InChI is InChI=1S/C24H32N2O5S/c1-29-24(28)23(21-10-6-14-31-21)32-18-22(27)25-11-7-15-30-20-9-5-8-19(16-20)17-26-12-3-2-4-13-26/h5-6,8-10,14,16,23H,2-4,7,11-13,15,17-18H2,1H3,(H,25,27). The predicted molar refractivity (Wildman–Crippen MR) is 125 cm³/mol. The number of likely N-dealkylation sites (tertiary alicyclic amines) is 1. The number of benzene rings is 1. The van der Waals surface area contributed by atoms with Crippen LogP contribution < -0.4 is 10.1 Å². The molecule has 1 N–H and O–H groups in total. The van der Waals surface area contributed by atoms with Gasteiger partial charge in [0.2, 0.25) is 5.91 Å². The van der Waals surface area contributed by atoms with E-state index in [-0.39, 0.29) is 11.7 Å². The molecule has 7 nitrogen and oxygen atoms in total. The Labute approximate surface area is 193 Å². The second kappa shape index (κ2) is 13.2. The molecule has 0 spiro atoms. The highest BCUT2D eigenvalue weighted by molar-refractivity contribution is 8.00. The molecule has 1 aliphatic heterocycles. The number of rotatable bonds is 12. The second-order valence-electron chi connectivity index (χ2n) is 7.77. The molecule has 1 aliphatic rings. The van der Waals surface area contributed by atoms with E-state index in [4.69, 9.17) is 13.9 Å². The van der Waals surface area contributed by atoms with Crippen LogP contribution in [-0.2, 0) is 20.9 Å². The van der Waals surface area contributed by atoms with Crippen molar-refractivity contribution in [1.29, 1.82) is 0 Å². The zero-order chi connectivity index (χ0) is 22.6. The van der Waals surface area contributed by atoms with E-state index in [0.29, 0.717) is 25.3 Å². The first kappa shape index (κ1) is 24.2. The molecule has 3 rings (SSSR count). The van der Waals surface area contributed by atoms with Crippen molar-refractivity contribution in [1.82, 2.24) is 10.2 Å². The van der Waals surface area contributed by atoms with Crippen molar-refractivity contribution in [3.8, 4) is 5.75 Å². The monoisotopic (exact) mass is 460 g/mol. The molecular weight excluding hydrogens is 428 g/mol. The zero-order valence-corrected chi connectivity index (χ0v) is 19.4. The van der Waals surface area contributed by atoms with Crippen LogP contribution in [0.3, 0.4) is 0 Å². The molecule has 1 aromatic carbocycles. The van der Waals surface area contributed by atoms with Gasteiger partial charge in [0.25, 0.3) is 0 Å². The summed E-state index contributed by atoms with van der Waals surface area (Å²) in [7, 11) is 1.32. The van der Waals surface area contributed by atoms with Crippen LogP contribution in [0.4, 0.5) is 0 Å². The summed E-state index contributed by atoms with van der Waals surface area (Å²) in [5, 5.41) is 2.21. The number of esters is 1. The molecule has 1 atom stereocenters. The Hall–Kier alpha value is -2.45. The molecule has 8 heteroatoms. The smallest absolute Gasteiger partial charge is 0.326 e. The van der Waals surface area contributed by atoms with E-state index in [0.717, 1.165) is 12.3 Å². The van der Waals surface area contributed by atoms with E-state index in [2.05, 4.69) is 22.3 Å². The number of carbonyl (C=O) groups excluding carboxylic acids is 2. The number of ether oxygens (including phenoxy) is 2. The highest BCUT2D eigenvalue weighted by atomic mass is 32.2. The lowest BCUT2D eigenvalue weighted by Crippen LogP contribution is -2.29. The summed E-state index contributed by atoms with van der Waals surface area (Å²) >= 11 is 1.18. The molecule has 32 heavy (non-hydrogen) atoms. The van der Waals surface area contributed by atoms with Gasteiger partial charge in [-0.2, -0.15) is 0 Å². The average Bonchev–Trinajstić information content (AvgIpc) is 3.34. The van der Waals surface area contributed by atoms with Crippen molar-refractivity contribution in [2.24, 2.45) is 0 Å². The number of hydrogen-bond acceptors (Lipinski definition) is 7. The summed E-state index contributed by atoms with van der Waals surface area (Å²) in [6.45, 7) is 4.35. The number of amides is 1. The summed E-state index contributed by atoms with van der Waals surface area (Å²) in [4.78, 5) is 26.6. The third-order valence-corrected chi connectivity index (χ3v) is 6.45. The fourth-order valence-electron chi connectivity index (χ4n) is 3.62. The first-order valence-electron chi connectivity index (χ1n) is 11.1. The van der Waals surface area contributed by atoms with Crippen LogP contribution in [-0.4, -0.2) is 55.9 Å². The second-order valence-corrected chi connectivity index (χ2v) is 8.86. The molecule has 0 saturated carbocycles.